The molecule has 0 radical (unpaired) electrons. The number of halogens is 1. The molecule has 7 heteroatoms. The number of hydrogen-bond acceptors (Lipinski definition) is 4. The van der Waals surface area contributed by atoms with Crippen molar-refractivity contribution >= 4 is 46.6 Å². The van der Waals surface area contributed by atoms with E-state index >= 15 is 0 Å². The van der Waals surface area contributed by atoms with Gasteiger partial charge in [-0.05, 0) is 67.6 Å². The van der Waals surface area contributed by atoms with E-state index in [1.54, 1.807) is 42.1 Å². The van der Waals surface area contributed by atoms with Crippen LogP contribution < -0.4 is 15.4 Å². The molecule has 0 saturated heterocycles. The van der Waals surface area contributed by atoms with Gasteiger partial charge >= 0.3 is 0 Å². The van der Waals surface area contributed by atoms with Crippen LogP contribution in [0.3, 0.4) is 0 Å². The van der Waals surface area contributed by atoms with Crippen LogP contribution in [-0.4, -0.2) is 18.4 Å². The van der Waals surface area contributed by atoms with Crippen LogP contribution in [0.4, 0.5) is 11.4 Å². The van der Waals surface area contributed by atoms with Crippen LogP contribution in [0.25, 0.3) is 0 Å². The van der Waals surface area contributed by atoms with E-state index in [2.05, 4.69) is 10.6 Å². The van der Waals surface area contributed by atoms with Crippen LogP contribution in [0, 0.1) is 0 Å². The van der Waals surface area contributed by atoms with Crippen LogP contribution in [0.2, 0.25) is 5.02 Å². The van der Waals surface area contributed by atoms with Gasteiger partial charge in [0, 0.05) is 45.1 Å². The normalized spacial score (nSPS) is 10.4. The number of thioether (sulfide) groups is 1. The summed E-state index contributed by atoms with van der Waals surface area (Å²) < 4.78 is 5.74. The lowest BCUT2D eigenvalue weighted by atomic mass is 10.1. The highest BCUT2D eigenvalue weighted by atomic mass is 35.5. The van der Waals surface area contributed by atoms with E-state index in [1.165, 1.54) is 6.92 Å². The molecule has 0 aliphatic carbocycles. The van der Waals surface area contributed by atoms with E-state index in [4.69, 9.17) is 16.3 Å². The van der Waals surface area contributed by atoms with Crippen LogP contribution in [0.15, 0.2) is 71.6 Å². The molecule has 160 valence electrons. The Kier molecular flexibility index (Phi) is 7.98. The number of rotatable bonds is 8. The molecule has 0 aliphatic rings. The van der Waals surface area contributed by atoms with Crippen molar-refractivity contribution in [2.75, 3.05) is 17.2 Å². The van der Waals surface area contributed by atoms with E-state index in [-0.39, 0.29) is 11.8 Å². The lowest BCUT2D eigenvalue weighted by Crippen LogP contribution is -2.13. The minimum absolute atomic E-state index is 0.169. The molecule has 0 fully saturated rings. The van der Waals surface area contributed by atoms with Crippen LogP contribution in [-0.2, 0) is 10.5 Å². The summed E-state index contributed by atoms with van der Waals surface area (Å²) in [5, 5.41) is 6.28. The highest BCUT2D eigenvalue weighted by molar-refractivity contribution is 7.98. The van der Waals surface area contributed by atoms with Crippen LogP contribution in [0.5, 0.6) is 5.75 Å². The van der Waals surface area contributed by atoms with Gasteiger partial charge in [0.2, 0.25) is 5.91 Å². The molecule has 0 aliphatic heterocycles. The molecular weight excluding hydrogens is 432 g/mol. The molecule has 2 amide bonds. The Balaban J connectivity index is 1.76. The van der Waals surface area contributed by atoms with E-state index in [0.29, 0.717) is 34.3 Å². The monoisotopic (exact) mass is 454 g/mol. The Morgan fingerprint density at radius 1 is 0.968 bits per heavy atom. The summed E-state index contributed by atoms with van der Waals surface area (Å²) >= 11 is 7.60. The van der Waals surface area contributed by atoms with Gasteiger partial charge in [0.1, 0.15) is 5.75 Å². The predicted molar refractivity (Wildman–Crippen MR) is 127 cm³/mol. The second kappa shape index (κ2) is 10.9. The zero-order valence-electron chi connectivity index (χ0n) is 17.3. The number of anilines is 2. The Hall–Kier alpha value is -2.96. The molecule has 31 heavy (non-hydrogen) atoms. The van der Waals surface area contributed by atoms with Crippen molar-refractivity contribution in [2.45, 2.75) is 24.5 Å². The number of nitrogens with one attached hydrogen (secondary N) is 2. The van der Waals surface area contributed by atoms with Crippen molar-refractivity contribution in [3.63, 3.8) is 0 Å². The maximum Gasteiger partial charge on any atom is 0.255 e. The second-order valence-corrected chi connectivity index (χ2v) is 8.20. The largest absolute Gasteiger partial charge is 0.494 e. The Labute approximate surface area is 191 Å². The summed E-state index contributed by atoms with van der Waals surface area (Å²) in [4.78, 5) is 25.2. The number of benzene rings is 3. The third-order valence-electron chi connectivity index (χ3n) is 4.27. The first kappa shape index (κ1) is 22.7. The van der Waals surface area contributed by atoms with Crippen molar-refractivity contribution in [2.24, 2.45) is 0 Å². The SMILES string of the molecule is CCOc1ccc(C(=O)Nc2cccc(NC(C)=O)c2)cc1CSc1ccc(Cl)cc1. The van der Waals surface area contributed by atoms with Crippen molar-refractivity contribution in [1.29, 1.82) is 0 Å². The summed E-state index contributed by atoms with van der Waals surface area (Å²) in [6, 6.07) is 20.1. The predicted octanol–water partition coefficient (Wildman–Crippen LogP) is 6.24. The third kappa shape index (κ3) is 6.77. The molecule has 0 aromatic heterocycles. The average molecular weight is 455 g/mol. The molecule has 0 bridgehead atoms. The maximum absolute atomic E-state index is 12.8. The van der Waals surface area contributed by atoms with E-state index in [1.807, 2.05) is 43.3 Å². The van der Waals surface area contributed by atoms with E-state index < -0.39 is 0 Å². The minimum Gasteiger partial charge on any atom is -0.494 e. The van der Waals surface area contributed by atoms with Gasteiger partial charge in [0.15, 0.2) is 0 Å². The standard InChI is InChI=1S/C24H23ClN2O3S/c1-3-30-23-12-7-17(13-18(23)15-31-22-10-8-19(25)9-11-22)24(29)27-21-6-4-5-20(14-21)26-16(2)28/h4-14H,3,15H2,1-2H3,(H,26,28)(H,27,29). The first-order valence-electron chi connectivity index (χ1n) is 9.77. The molecule has 5 nitrogen and oxygen atoms in total. The van der Waals surface area contributed by atoms with E-state index in [0.717, 1.165) is 16.2 Å². The number of amides is 2. The summed E-state index contributed by atoms with van der Waals surface area (Å²) in [5.41, 5.74) is 2.68. The molecule has 0 spiro atoms. The Morgan fingerprint density at radius 2 is 1.68 bits per heavy atom. The second-order valence-electron chi connectivity index (χ2n) is 6.71. The molecule has 3 aromatic carbocycles. The minimum atomic E-state index is -0.235. The first-order valence-corrected chi connectivity index (χ1v) is 11.1. The van der Waals surface area contributed by atoms with E-state index in [9.17, 15) is 9.59 Å². The number of carbonyl (C=O) groups excluding carboxylic acids is 2. The molecule has 0 heterocycles. The molecule has 3 aromatic rings. The van der Waals surface area contributed by atoms with Gasteiger partial charge in [-0.15, -0.1) is 11.8 Å². The topological polar surface area (TPSA) is 67.4 Å². The highest BCUT2D eigenvalue weighted by Crippen LogP contribution is 2.30. The molecule has 0 saturated carbocycles. The van der Waals surface area contributed by atoms with Crippen molar-refractivity contribution in [1.82, 2.24) is 0 Å². The number of ether oxygens (including phenoxy) is 1. The van der Waals surface area contributed by atoms with Crippen molar-refractivity contribution in [3.8, 4) is 5.75 Å². The van der Waals surface area contributed by atoms with Crippen molar-refractivity contribution < 1.29 is 14.3 Å². The van der Waals surface area contributed by atoms with Crippen molar-refractivity contribution in [3.05, 3.63) is 82.9 Å². The fourth-order valence-corrected chi connectivity index (χ4v) is 3.91. The summed E-state index contributed by atoms with van der Waals surface area (Å²) in [6.07, 6.45) is 0. The molecule has 2 N–H and O–H groups in total. The number of hydrogen-bond donors (Lipinski definition) is 2. The lowest BCUT2D eigenvalue weighted by molar-refractivity contribution is -0.114. The smallest absolute Gasteiger partial charge is 0.255 e. The Morgan fingerprint density at radius 3 is 2.35 bits per heavy atom. The summed E-state index contributed by atoms with van der Waals surface area (Å²) in [6.45, 7) is 3.91. The van der Waals surface area contributed by atoms with Gasteiger partial charge < -0.3 is 15.4 Å². The molecule has 3 rings (SSSR count). The molecule has 0 unspecified atom stereocenters. The first-order chi connectivity index (χ1) is 14.9. The fraction of sp³-hybridized carbons (Fsp3) is 0.167. The lowest BCUT2D eigenvalue weighted by Gasteiger charge is -2.13. The van der Waals surface area contributed by atoms with Crippen LogP contribution >= 0.6 is 23.4 Å². The quantitative estimate of drug-likeness (QED) is 0.395. The number of carbonyl (C=O) groups is 2. The van der Waals surface area contributed by atoms with Crippen LogP contribution in [0.1, 0.15) is 29.8 Å². The van der Waals surface area contributed by atoms with Gasteiger partial charge in [0.25, 0.3) is 5.91 Å². The molecule has 0 atom stereocenters. The Bertz CT molecular complexity index is 1070. The summed E-state index contributed by atoms with van der Waals surface area (Å²) in [5.74, 6) is 1.00. The zero-order valence-corrected chi connectivity index (χ0v) is 18.8. The van der Waals surface area contributed by atoms with Gasteiger partial charge in [-0.25, -0.2) is 0 Å². The van der Waals surface area contributed by atoms with Gasteiger partial charge in [0.05, 0.1) is 6.61 Å². The zero-order chi connectivity index (χ0) is 22.2. The van der Waals surface area contributed by atoms with Gasteiger partial charge in [-0.1, -0.05) is 17.7 Å². The van der Waals surface area contributed by atoms with Gasteiger partial charge in [-0.3, -0.25) is 9.59 Å². The third-order valence-corrected chi connectivity index (χ3v) is 5.58. The summed E-state index contributed by atoms with van der Waals surface area (Å²) in [7, 11) is 0. The highest BCUT2D eigenvalue weighted by Gasteiger charge is 2.12. The fourth-order valence-electron chi connectivity index (χ4n) is 2.90. The molecular formula is C24H23ClN2O3S. The van der Waals surface area contributed by atoms with Gasteiger partial charge in [-0.2, -0.15) is 0 Å². The maximum atomic E-state index is 12.8. The average Bonchev–Trinajstić information content (AvgIpc) is 2.74.